The first kappa shape index (κ1) is 18.4. The number of nitrogens with one attached hydrogen (secondary N) is 1. The number of hydrogen-bond donors (Lipinski definition) is 1. The van der Waals surface area contributed by atoms with Crippen LogP contribution < -0.4 is 4.72 Å². The second-order valence-corrected chi connectivity index (χ2v) is 9.28. The van der Waals surface area contributed by atoms with Gasteiger partial charge in [0.25, 0.3) is 5.91 Å². The van der Waals surface area contributed by atoms with Crippen molar-refractivity contribution in [1.82, 2.24) is 9.71 Å². The van der Waals surface area contributed by atoms with Crippen LogP contribution in [0.4, 0.5) is 0 Å². The lowest BCUT2D eigenvalue weighted by molar-refractivity contribution is 0.0304. The number of carbonyl (C=O) groups is 1. The van der Waals surface area contributed by atoms with E-state index >= 15 is 0 Å². The minimum atomic E-state index is -3.71. The summed E-state index contributed by atoms with van der Waals surface area (Å²) >= 11 is 1.23. The lowest BCUT2D eigenvalue weighted by Gasteiger charge is -2.22. The minimum absolute atomic E-state index is 0.171. The van der Waals surface area contributed by atoms with Crippen molar-refractivity contribution in [2.24, 2.45) is 5.92 Å². The van der Waals surface area contributed by atoms with E-state index in [4.69, 9.17) is 4.74 Å². The Morgan fingerprint density at radius 2 is 2.17 bits per heavy atom. The summed E-state index contributed by atoms with van der Waals surface area (Å²) in [5.74, 6) is -0.409. The van der Waals surface area contributed by atoms with E-state index in [1.165, 1.54) is 11.3 Å². The summed E-state index contributed by atoms with van der Waals surface area (Å²) in [5.41, 5.74) is 0.670. The Hall–Kier alpha value is -0.990. The van der Waals surface area contributed by atoms with Gasteiger partial charge in [-0.05, 0) is 38.5 Å². The normalized spacial score (nSPS) is 19.0. The van der Waals surface area contributed by atoms with E-state index in [-0.39, 0.29) is 11.9 Å². The van der Waals surface area contributed by atoms with Gasteiger partial charge in [0.05, 0.1) is 22.6 Å². The van der Waals surface area contributed by atoms with E-state index in [9.17, 15) is 13.2 Å². The summed E-state index contributed by atoms with van der Waals surface area (Å²) in [6, 6.07) is 0. The highest BCUT2D eigenvalue weighted by molar-refractivity contribution is 7.90. The number of ether oxygens (including phenoxy) is 1. The Bertz CT molecular complexity index is 646. The van der Waals surface area contributed by atoms with Gasteiger partial charge in [0.15, 0.2) is 0 Å². The fourth-order valence-corrected chi connectivity index (χ4v) is 4.71. The fraction of sp³-hybridized carbons (Fsp3) is 0.733. The predicted octanol–water partition coefficient (Wildman–Crippen LogP) is 2.28. The van der Waals surface area contributed by atoms with Gasteiger partial charge < -0.3 is 4.74 Å². The van der Waals surface area contributed by atoms with E-state index in [0.717, 1.165) is 17.8 Å². The molecule has 23 heavy (non-hydrogen) atoms. The van der Waals surface area contributed by atoms with Crippen molar-refractivity contribution in [3.05, 3.63) is 15.6 Å². The molecular weight excluding hydrogens is 336 g/mol. The van der Waals surface area contributed by atoms with Gasteiger partial charge in [-0.2, -0.15) is 0 Å². The smallest absolute Gasteiger partial charge is 0.276 e. The average molecular weight is 361 g/mol. The number of sulfonamides is 1. The number of aryl methyl sites for hydroxylation is 1. The monoisotopic (exact) mass is 360 g/mol. The molecule has 1 fully saturated rings. The van der Waals surface area contributed by atoms with Gasteiger partial charge in [-0.1, -0.05) is 13.8 Å². The van der Waals surface area contributed by atoms with Gasteiger partial charge in [-0.15, -0.1) is 11.3 Å². The third-order valence-corrected chi connectivity index (χ3v) is 5.86. The fourth-order valence-electron chi connectivity index (χ4n) is 2.59. The van der Waals surface area contributed by atoms with Gasteiger partial charge in [-0.25, -0.2) is 18.1 Å². The topological polar surface area (TPSA) is 85.4 Å². The van der Waals surface area contributed by atoms with Crippen LogP contribution in [0, 0.1) is 12.8 Å². The van der Waals surface area contributed by atoms with Crippen LogP contribution in [0.3, 0.4) is 0 Å². The van der Waals surface area contributed by atoms with Gasteiger partial charge >= 0.3 is 0 Å². The Labute approximate surface area is 141 Å². The number of amides is 1. The van der Waals surface area contributed by atoms with Crippen LogP contribution in [-0.2, 0) is 21.2 Å². The van der Waals surface area contributed by atoms with Crippen LogP contribution in [0.15, 0.2) is 0 Å². The van der Waals surface area contributed by atoms with Crippen molar-refractivity contribution >= 4 is 27.3 Å². The molecule has 0 aliphatic carbocycles. The first-order valence-electron chi connectivity index (χ1n) is 7.89. The summed E-state index contributed by atoms with van der Waals surface area (Å²) in [4.78, 5) is 17.1. The van der Waals surface area contributed by atoms with Gasteiger partial charge in [-0.3, -0.25) is 4.79 Å². The third-order valence-electron chi connectivity index (χ3n) is 3.54. The molecule has 1 atom stereocenters. The largest absolute Gasteiger partial charge is 0.377 e. The summed E-state index contributed by atoms with van der Waals surface area (Å²) in [6.45, 7) is 6.47. The molecule has 0 unspecified atom stereocenters. The maximum Gasteiger partial charge on any atom is 0.276 e. The van der Waals surface area contributed by atoms with Gasteiger partial charge in [0.1, 0.15) is 4.88 Å². The van der Waals surface area contributed by atoms with Crippen molar-refractivity contribution in [2.75, 3.05) is 12.4 Å². The van der Waals surface area contributed by atoms with Crippen molar-refractivity contribution < 1.29 is 17.9 Å². The summed E-state index contributed by atoms with van der Waals surface area (Å²) in [6.07, 6.45) is 2.96. The highest BCUT2D eigenvalue weighted by atomic mass is 32.2. The molecule has 1 saturated heterocycles. The first-order valence-corrected chi connectivity index (χ1v) is 10.4. The molecule has 0 bridgehead atoms. The highest BCUT2D eigenvalue weighted by Gasteiger charge is 2.26. The van der Waals surface area contributed by atoms with Crippen LogP contribution in [0.25, 0.3) is 0 Å². The van der Waals surface area contributed by atoms with Crippen LogP contribution in [0.5, 0.6) is 0 Å². The zero-order chi connectivity index (χ0) is 17.0. The molecule has 1 aromatic heterocycles. The van der Waals surface area contributed by atoms with Crippen LogP contribution in [0.1, 0.15) is 53.5 Å². The van der Waals surface area contributed by atoms with Crippen molar-refractivity contribution in [2.45, 2.75) is 52.6 Å². The zero-order valence-corrected chi connectivity index (χ0v) is 15.4. The SMILES string of the molecule is Cc1nc(CC(C)C)c(C(=O)NS(=O)(=O)C[C@H]2CCCCO2)s1. The van der Waals surface area contributed by atoms with Gasteiger partial charge in [0.2, 0.25) is 10.0 Å². The number of aromatic nitrogens is 1. The minimum Gasteiger partial charge on any atom is -0.377 e. The molecule has 8 heteroatoms. The quantitative estimate of drug-likeness (QED) is 0.841. The second-order valence-electron chi connectivity index (χ2n) is 6.31. The van der Waals surface area contributed by atoms with Crippen molar-refractivity contribution in [3.8, 4) is 0 Å². The van der Waals surface area contributed by atoms with Gasteiger partial charge in [0, 0.05) is 6.61 Å². The number of hydrogen-bond acceptors (Lipinski definition) is 6. The Morgan fingerprint density at radius 3 is 2.78 bits per heavy atom. The molecular formula is C15H24N2O4S2. The molecule has 130 valence electrons. The Morgan fingerprint density at radius 1 is 1.43 bits per heavy atom. The molecule has 6 nitrogen and oxygen atoms in total. The molecule has 0 radical (unpaired) electrons. The molecule has 0 aromatic carbocycles. The van der Waals surface area contributed by atoms with Crippen LogP contribution in [0.2, 0.25) is 0 Å². The molecule has 1 N–H and O–H groups in total. The second kappa shape index (κ2) is 7.72. The molecule has 0 spiro atoms. The molecule has 2 rings (SSSR count). The average Bonchev–Trinajstić information content (AvgIpc) is 2.78. The van der Waals surface area contributed by atoms with Crippen LogP contribution in [-0.4, -0.2) is 37.8 Å². The molecule has 1 aromatic rings. The summed E-state index contributed by atoms with van der Waals surface area (Å²) < 4.78 is 32.0. The molecule has 1 aliphatic rings. The molecule has 0 saturated carbocycles. The maximum absolute atomic E-state index is 12.4. The molecule has 1 amide bonds. The number of nitrogens with zero attached hydrogens (tertiary/aromatic N) is 1. The van der Waals surface area contributed by atoms with Crippen molar-refractivity contribution in [1.29, 1.82) is 0 Å². The summed E-state index contributed by atoms with van der Waals surface area (Å²) in [5, 5.41) is 0.763. The van der Waals surface area contributed by atoms with Crippen molar-refractivity contribution in [3.63, 3.8) is 0 Å². The molecule has 1 aliphatic heterocycles. The third kappa shape index (κ3) is 5.54. The van der Waals surface area contributed by atoms with E-state index < -0.39 is 15.9 Å². The molecule has 2 heterocycles. The standard InChI is InChI=1S/C15H24N2O4S2/c1-10(2)8-13-14(22-11(3)16-13)15(18)17-23(19,20)9-12-6-4-5-7-21-12/h10,12H,4-9H2,1-3H3,(H,17,18)/t12-/m1/s1. The summed E-state index contributed by atoms with van der Waals surface area (Å²) in [7, 11) is -3.71. The Balaban J connectivity index is 2.05. The van der Waals surface area contributed by atoms with E-state index in [1.807, 2.05) is 20.8 Å². The highest BCUT2D eigenvalue weighted by Crippen LogP contribution is 2.21. The number of rotatable bonds is 6. The van der Waals surface area contributed by atoms with Crippen LogP contribution >= 0.6 is 11.3 Å². The lowest BCUT2D eigenvalue weighted by atomic mass is 10.1. The zero-order valence-electron chi connectivity index (χ0n) is 13.8. The van der Waals surface area contributed by atoms with E-state index in [2.05, 4.69) is 9.71 Å². The van der Waals surface area contributed by atoms with E-state index in [1.54, 1.807) is 0 Å². The maximum atomic E-state index is 12.4. The first-order chi connectivity index (χ1) is 10.8. The van der Waals surface area contributed by atoms with E-state index in [0.29, 0.717) is 35.9 Å². The predicted molar refractivity (Wildman–Crippen MR) is 90.2 cm³/mol. The number of carbonyl (C=O) groups excluding carboxylic acids is 1. The number of thiazole rings is 1. The lowest BCUT2D eigenvalue weighted by Crippen LogP contribution is -2.38. The Kier molecular flexibility index (Phi) is 6.16.